The number of halogens is 1. The highest BCUT2D eigenvalue weighted by molar-refractivity contribution is 6.30. The van der Waals surface area contributed by atoms with Gasteiger partial charge in [0.15, 0.2) is 0 Å². The Labute approximate surface area is 191 Å². The van der Waals surface area contributed by atoms with E-state index in [-0.39, 0.29) is 5.69 Å². The average Bonchev–Trinajstić information content (AvgIpc) is 3.17. The van der Waals surface area contributed by atoms with Crippen LogP contribution in [0.15, 0.2) is 54.6 Å². The Morgan fingerprint density at radius 3 is 2.34 bits per heavy atom. The summed E-state index contributed by atoms with van der Waals surface area (Å²) in [6, 6.07) is 14.7. The third-order valence-corrected chi connectivity index (χ3v) is 5.04. The molecule has 0 aliphatic rings. The number of fused-ring (bicyclic) bond motifs is 1. The second-order valence-electron chi connectivity index (χ2n) is 8.47. The second kappa shape index (κ2) is 9.44. The van der Waals surface area contributed by atoms with E-state index < -0.39 is 35.9 Å². The zero-order valence-electron chi connectivity index (χ0n) is 18.4. The zero-order chi connectivity index (χ0) is 23.5. The van der Waals surface area contributed by atoms with Crippen molar-refractivity contribution in [2.75, 3.05) is 13.7 Å². The number of amides is 2. The first kappa shape index (κ1) is 23.3. The predicted molar refractivity (Wildman–Crippen MR) is 123 cm³/mol. The summed E-state index contributed by atoms with van der Waals surface area (Å²) >= 11 is 6.03. The number of hydrogen-bond donors (Lipinski definition) is 2. The summed E-state index contributed by atoms with van der Waals surface area (Å²) in [5.74, 6) is -1.57. The molecular formula is C24H26ClN3O4. The molecule has 0 saturated carbocycles. The van der Waals surface area contributed by atoms with Crippen LogP contribution >= 0.6 is 11.6 Å². The highest BCUT2D eigenvalue weighted by Crippen LogP contribution is 2.27. The van der Waals surface area contributed by atoms with Gasteiger partial charge in [0.1, 0.15) is 18.3 Å². The van der Waals surface area contributed by atoms with E-state index in [1.165, 1.54) is 12.0 Å². The van der Waals surface area contributed by atoms with Crippen molar-refractivity contribution in [3.63, 3.8) is 0 Å². The van der Waals surface area contributed by atoms with E-state index in [0.717, 1.165) is 10.9 Å². The van der Waals surface area contributed by atoms with Crippen LogP contribution in [0.1, 0.15) is 42.9 Å². The van der Waals surface area contributed by atoms with Gasteiger partial charge in [0.25, 0.3) is 5.91 Å². The standard InChI is InChI=1S/C24H26ClN3O4/c1-24(2,3)27-22(30)21(15-9-11-17(25)12-10-15)28(14-20(29)32-4)23(31)19-13-16-7-5-6-8-18(16)26-19/h5-13,21,26H,14H2,1-4H3,(H,27,30). The van der Waals surface area contributed by atoms with E-state index in [0.29, 0.717) is 10.6 Å². The van der Waals surface area contributed by atoms with E-state index in [1.807, 2.05) is 45.0 Å². The lowest BCUT2D eigenvalue weighted by molar-refractivity contribution is -0.142. The zero-order valence-corrected chi connectivity index (χ0v) is 19.2. The summed E-state index contributed by atoms with van der Waals surface area (Å²) < 4.78 is 4.82. The number of hydrogen-bond acceptors (Lipinski definition) is 4. The molecule has 7 nitrogen and oxygen atoms in total. The monoisotopic (exact) mass is 455 g/mol. The minimum Gasteiger partial charge on any atom is -0.468 e. The summed E-state index contributed by atoms with van der Waals surface area (Å²) in [5, 5.41) is 4.24. The third kappa shape index (κ3) is 5.48. The van der Waals surface area contributed by atoms with Crippen LogP contribution in [0.5, 0.6) is 0 Å². The first-order valence-corrected chi connectivity index (χ1v) is 10.5. The van der Waals surface area contributed by atoms with Gasteiger partial charge in [-0.05, 0) is 50.6 Å². The minimum atomic E-state index is -1.08. The lowest BCUT2D eigenvalue weighted by atomic mass is 10.0. The first-order valence-electron chi connectivity index (χ1n) is 10.1. The van der Waals surface area contributed by atoms with Crippen molar-refractivity contribution in [3.05, 3.63) is 70.9 Å². The molecule has 3 aromatic rings. The van der Waals surface area contributed by atoms with Gasteiger partial charge in [-0.15, -0.1) is 0 Å². The van der Waals surface area contributed by atoms with Gasteiger partial charge in [-0.2, -0.15) is 0 Å². The number of ether oxygens (including phenoxy) is 1. The number of nitrogens with zero attached hydrogens (tertiary/aromatic N) is 1. The second-order valence-corrected chi connectivity index (χ2v) is 8.91. The molecule has 1 unspecified atom stereocenters. The normalized spacial score (nSPS) is 12.3. The molecule has 8 heteroatoms. The molecule has 0 saturated heterocycles. The topological polar surface area (TPSA) is 91.5 Å². The van der Waals surface area contributed by atoms with Crippen molar-refractivity contribution in [2.45, 2.75) is 32.4 Å². The molecule has 168 valence electrons. The molecule has 0 bridgehead atoms. The highest BCUT2D eigenvalue weighted by atomic mass is 35.5. The summed E-state index contributed by atoms with van der Waals surface area (Å²) in [5.41, 5.74) is 1.00. The molecular weight excluding hydrogens is 430 g/mol. The number of benzene rings is 2. The molecule has 0 aliphatic heterocycles. The molecule has 0 aliphatic carbocycles. The Kier molecular flexibility index (Phi) is 6.89. The number of para-hydroxylation sites is 1. The number of nitrogens with one attached hydrogen (secondary N) is 2. The molecule has 0 fully saturated rings. The lowest BCUT2D eigenvalue weighted by Gasteiger charge is -2.32. The maximum Gasteiger partial charge on any atom is 0.325 e. The van der Waals surface area contributed by atoms with Crippen LogP contribution in [0.3, 0.4) is 0 Å². The molecule has 1 aromatic heterocycles. The van der Waals surface area contributed by atoms with E-state index >= 15 is 0 Å². The Morgan fingerprint density at radius 1 is 1.09 bits per heavy atom. The van der Waals surface area contributed by atoms with Crippen LogP contribution in [-0.2, 0) is 14.3 Å². The maximum atomic E-state index is 13.6. The van der Waals surface area contributed by atoms with Gasteiger partial charge < -0.3 is 19.9 Å². The molecule has 0 radical (unpaired) electrons. The van der Waals surface area contributed by atoms with E-state index in [1.54, 1.807) is 30.3 Å². The fourth-order valence-electron chi connectivity index (χ4n) is 3.38. The highest BCUT2D eigenvalue weighted by Gasteiger charge is 2.35. The van der Waals surface area contributed by atoms with Gasteiger partial charge in [-0.25, -0.2) is 0 Å². The summed E-state index contributed by atoms with van der Waals surface area (Å²) in [4.78, 5) is 43.5. The summed E-state index contributed by atoms with van der Waals surface area (Å²) in [6.07, 6.45) is 0. The lowest BCUT2D eigenvalue weighted by Crippen LogP contribution is -2.50. The Hall–Kier alpha value is -3.32. The molecule has 2 aromatic carbocycles. The van der Waals surface area contributed by atoms with Gasteiger partial charge >= 0.3 is 5.97 Å². The van der Waals surface area contributed by atoms with Gasteiger partial charge in [0.2, 0.25) is 5.91 Å². The summed E-state index contributed by atoms with van der Waals surface area (Å²) in [7, 11) is 1.24. The molecule has 32 heavy (non-hydrogen) atoms. The molecule has 0 spiro atoms. The third-order valence-electron chi connectivity index (χ3n) is 4.79. The van der Waals surface area contributed by atoms with Gasteiger partial charge in [-0.3, -0.25) is 14.4 Å². The summed E-state index contributed by atoms with van der Waals surface area (Å²) in [6.45, 7) is 5.12. The Morgan fingerprint density at radius 2 is 1.75 bits per heavy atom. The number of carbonyl (C=O) groups is 3. The van der Waals surface area contributed by atoms with Crippen LogP contribution in [-0.4, -0.2) is 46.9 Å². The molecule has 3 rings (SSSR count). The fraction of sp³-hybridized carbons (Fsp3) is 0.292. The van der Waals surface area contributed by atoms with E-state index in [9.17, 15) is 14.4 Å². The average molecular weight is 456 g/mol. The fourth-order valence-corrected chi connectivity index (χ4v) is 3.51. The number of aromatic amines is 1. The van der Waals surface area contributed by atoms with Gasteiger partial charge in [0, 0.05) is 21.5 Å². The van der Waals surface area contributed by atoms with Crippen molar-refractivity contribution < 1.29 is 19.1 Å². The quantitative estimate of drug-likeness (QED) is 0.547. The maximum absolute atomic E-state index is 13.6. The van der Waals surface area contributed by atoms with E-state index in [2.05, 4.69) is 10.3 Å². The Bertz CT molecular complexity index is 1100. The molecule has 2 amide bonds. The molecule has 1 atom stereocenters. The minimum absolute atomic E-state index is 0.262. The smallest absolute Gasteiger partial charge is 0.325 e. The number of esters is 1. The number of H-pyrrole nitrogens is 1. The Balaban J connectivity index is 2.09. The van der Waals surface area contributed by atoms with Gasteiger partial charge in [0.05, 0.1) is 7.11 Å². The number of carbonyl (C=O) groups excluding carboxylic acids is 3. The van der Waals surface area contributed by atoms with Crippen molar-refractivity contribution in [1.29, 1.82) is 0 Å². The van der Waals surface area contributed by atoms with Crippen LogP contribution in [0.4, 0.5) is 0 Å². The van der Waals surface area contributed by atoms with Crippen molar-refractivity contribution >= 4 is 40.3 Å². The number of methoxy groups -OCH3 is 1. The van der Waals surface area contributed by atoms with Crippen molar-refractivity contribution in [3.8, 4) is 0 Å². The largest absolute Gasteiger partial charge is 0.468 e. The van der Waals surface area contributed by atoms with Crippen molar-refractivity contribution in [2.24, 2.45) is 0 Å². The van der Waals surface area contributed by atoms with Crippen molar-refractivity contribution in [1.82, 2.24) is 15.2 Å². The SMILES string of the molecule is COC(=O)CN(C(=O)c1cc2ccccc2[nH]1)C(C(=O)NC(C)(C)C)c1ccc(Cl)cc1. The molecule has 2 N–H and O–H groups in total. The predicted octanol–water partition coefficient (Wildman–Crippen LogP) is 4.09. The van der Waals surface area contributed by atoms with Crippen LogP contribution in [0, 0.1) is 0 Å². The number of rotatable bonds is 6. The van der Waals surface area contributed by atoms with E-state index in [4.69, 9.17) is 16.3 Å². The van der Waals surface area contributed by atoms with Crippen LogP contribution in [0.2, 0.25) is 5.02 Å². The van der Waals surface area contributed by atoms with Gasteiger partial charge in [-0.1, -0.05) is 41.9 Å². The first-order chi connectivity index (χ1) is 15.1. The number of aromatic nitrogens is 1. The molecule has 1 heterocycles. The van der Waals surface area contributed by atoms with Crippen LogP contribution in [0.25, 0.3) is 10.9 Å². The van der Waals surface area contributed by atoms with Crippen LogP contribution < -0.4 is 5.32 Å².